The van der Waals surface area contributed by atoms with Crippen molar-refractivity contribution in [3.63, 3.8) is 0 Å². The molecule has 0 amide bonds. The maximum atomic E-state index is 14.2. The summed E-state index contributed by atoms with van der Waals surface area (Å²) in [5, 5.41) is 4.20. The summed E-state index contributed by atoms with van der Waals surface area (Å²) in [6, 6.07) is 12.5. The number of halogens is 2. The number of hydrogen-bond donors (Lipinski definition) is 1. The molecule has 1 N–H and O–H groups in total. The number of hydrogen-bond acceptors (Lipinski definition) is 2. The van der Waals surface area contributed by atoms with Crippen molar-refractivity contribution < 1.29 is 8.81 Å². The molecule has 0 aliphatic rings. The van der Waals surface area contributed by atoms with Crippen molar-refractivity contribution in [3.8, 4) is 0 Å². The van der Waals surface area contributed by atoms with E-state index in [-0.39, 0.29) is 11.1 Å². The standard InChI is InChI=1S/C17H15ClFNO/c1-10-6-7-14-11(8-10)9-15(21-14)17(20-2)12-4-3-5-13(18)16(12)19/h3-9,17,20H,1-2H3. The Kier molecular flexibility index (Phi) is 3.70. The second-order valence-electron chi connectivity index (χ2n) is 5.05. The Morgan fingerprint density at radius 3 is 2.76 bits per heavy atom. The van der Waals surface area contributed by atoms with Gasteiger partial charge in [-0.15, -0.1) is 0 Å². The first-order valence-electron chi connectivity index (χ1n) is 6.71. The molecule has 108 valence electrons. The number of rotatable bonds is 3. The van der Waals surface area contributed by atoms with E-state index in [1.165, 1.54) is 6.07 Å². The van der Waals surface area contributed by atoms with Gasteiger partial charge in [0, 0.05) is 10.9 Å². The van der Waals surface area contributed by atoms with Gasteiger partial charge in [-0.3, -0.25) is 0 Å². The van der Waals surface area contributed by atoms with E-state index in [0.29, 0.717) is 11.3 Å². The predicted molar refractivity (Wildman–Crippen MR) is 83.3 cm³/mol. The molecule has 2 nitrogen and oxygen atoms in total. The summed E-state index contributed by atoms with van der Waals surface area (Å²) >= 11 is 5.87. The van der Waals surface area contributed by atoms with E-state index in [9.17, 15) is 4.39 Å². The molecule has 3 aromatic rings. The van der Waals surface area contributed by atoms with Crippen molar-refractivity contribution in [3.05, 3.63) is 70.2 Å². The van der Waals surface area contributed by atoms with Gasteiger partial charge < -0.3 is 9.73 Å². The second kappa shape index (κ2) is 5.51. The third-order valence-corrected chi connectivity index (χ3v) is 3.85. The van der Waals surface area contributed by atoms with E-state index in [2.05, 4.69) is 5.32 Å². The van der Waals surface area contributed by atoms with Gasteiger partial charge in [-0.2, -0.15) is 0 Å². The zero-order chi connectivity index (χ0) is 15.0. The lowest BCUT2D eigenvalue weighted by atomic mass is 10.0. The van der Waals surface area contributed by atoms with Crippen LogP contribution in [0.25, 0.3) is 11.0 Å². The van der Waals surface area contributed by atoms with Gasteiger partial charge in [-0.25, -0.2) is 4.39 Å². The molecule has 0 fully saturated rings. The largest absolute Gasteiger partial charge is 0.459 e. The summed E-state index contributed by atoms with van der Waals surface area (Å²) in [6.45, 7) is 2.03. The summed E-state index contributed by atoms with van der Waals surface area (Å²) < 4.78 is 20.1. The van der Waals surface area contributed by atoms with Crippen LogP contribution in [0.1, 0.15) is 22.9 Å². The van der Waals surface area contributed by atoms with Crippen LogP contribution in [0.4, 0.5) is 4.39 Å². The third-order valence-electron chi connectivity index (χ3n) is 3.56. The fraction of sp³-hybridized carbons (Fsp3) is 0.176. The van der Waals surface area contributed by atoms with Crippen LogP contribution in [0.2, 0.25) is 5.02 Å². The van der Waals surface area contributed by atoms with Crippen LogP contribution in [-0.2, 0) is 0 Å². The molecule has 0 radical (unpaired) electrons. The molecule has 0 aliphatic carbocycles. The molecule has 1 atom stereocenters. The van der Waals surface area contributed by atoms with Gasteiger partial charge in [-0.1, -0.05) is 35.4 Å². The molecule has 1 unspecified atom stereocenters. The molecule has 4 heteroatoms. The lowest BCUT2D eigenvalue weighted by molar-refractivity contribution is 0.476. The summed E-state index contributed by atoms with van der Waals surface area (Å²) in [6.07, 6.45) is 0. The maximum absolute atomic E-state index is 14.2. The quantitative estimate of drug-likeness (QED) is 0.749. The smallest absolute Gasteiger partial charge is 0.147 e. The van der Waals surface area contributed by atoms with Crippen molar-refractivity contribution in [1.29, 1.82) is 0 Å². The fourth-order valence-corrected chi connectivity index (χ4v) is 2.70. The van der Waals surface area contributed by atoms with Crippen LogP contribution in [0.5, 0.6) is 0 Å². The lowest BCUT2D eigenvalue weighted by Crippen LogP contribution is -2.18. The second-order valence-corrected chi connectivity index (χ2v) is 5.46. The Hall–Kier alpha value is -1.84. The molecule has 0 saturated heterocycles. The number of furan rings is 1. The van der Waals surface area contributed by atoms with Crippen molar-refractivity contribution >= 4 is 22.6 Å². The number of aryl methyl sites for hydroxylation is 1. The van der Waals surface area contributed by atoms with E-state index >= 15 is 0 Å². The molecular formula is C17H15ClFNO. The van der Waals surface area contributed by atoms with Gasteiger partial charge in [0.2, 0.25) is 0 Å². The molecular weight excluding hydrogens is 289 g/mol. The Balaban J connectivity index is 2.11. The van der Waals surface area contributed by atoms with Crippen LogP contribution in [0.15, 0.2) is 46.9 Å². The van der Waals surface area contributed by atoms with E-state index in [1.54, 1.807) is 19.2 Å². The van der Waals surface area contributed by atoms with Crippen molar-refractivity contribution in [2.75, 3.05) is 7.05 Å². The normalized spacial score (nSPS) is 12.8. The molecule has 0 aliphatic heterocycles. The molecule has 2 aromatic carbocycles. The van der Waals surface area contributed by atoms with Gasteiger partial charge in [0.25, 0.3) is 0 Å². The monoisotopic (exact) mass is 303 g/mol. The molecule has 0 spiro atoms. The predicted octanol–water partition coefficient (Wildman–Crippen LogP) is 4.84. The number of nitrogens with one attached hydrogen (secondary N) is 1. The van der Waals surface area contributed by atoms with Gasteiger partial charge in [0.1, 0.15) is 17.2 Å². The van der Waals surface area contributed by atoms with Gasteiger partial charge in [-0.05, 0) is 38.2 Å². The van der Waals surface area contributed by atoms with E-state index in [4.69, 9.17) is 16.0 Å². The third kappa shape index (κ3) is 2.55. The van der Waals surface area contributed by atoms with E-state index < -0.39 is 5.82 Å². The molecule has 1 aromatic heterocycles. The van der Waals surface area contributed by atoms with Gasteiger partial charge in [0.05, 0.1) is 11.1 Å². The van der Waals surface area contributed by atoms with Gasteiger partial charge >= 0.3 is 0 Å². The first kappa shape index (κ1) is 14.1. The van der Waals surface area contributed by atoms with Gasteiger partial charge in [0.15, 0.2) is 0 Å². The molecule has 1 heterocycles. The summed E-state index contributed by atoms with van der Waals surface area (Å²) in [5.74, 6) is 0.245. The zero-order valence-electron chi connectivity index (χ0n) is 11.8. The summed E-state index contributed by atoms with van der Waals surface area (Å²) in [5.41, 5.74) is 2.42. The van der Waals surface area contributed by atoms with Crippen LogP contribution in [-0.4, -0.2) is 7.05 Å². The minimum atomic E-state index is -0.421. The van der Waals surface area contributed by atoms with Crippen molar-refractivity contribution in [1.82, 2.24) is 5.32 Å². The van der Waals surface area contributed by atoms with E-state index in [1.807, 2.05) is 31.2 Å². The zero-order valence-corrected chi connectivity index (χ0v) is 12.5. The summed E-state index contributed by atoms with van der Waals surface area (Å²) in [7, 11) is 1.77. The highest BCUT2D eigenvalue weighted by Gasteiger charge is 2.21. The highest BCUT2D eigenvalue weighted by atomic mass is 35.5. The molecule has 3 rings (SSSR count). The number of benzene rings is 2. The average molecular weight is 304 g/mol. The average Bonchev–Trinajstić information content (AvgIpc) is 2.87. The van der Waals surface area contributed by atoms with Crippen molar-refractivity contribution in [2.45, 2.75) is 13.0 Å². The Morgan fingerprint density at radius 2 is 2.00 bits per heavy atom. The molecule has 21 heavy (non-hydrogen) atoms. The lowest BCUT2D eigenvalue weighted by Gasteiger charge is -2.15. The summed E-state index contributed by atoms with van der Waals surface area (Å²) in [4.78, 5) is 0. The van der Waals surface area contributed by atoms with Crippen LogP contribution in [0, 0.1) is 12.7 Å². The maximum Gasteiger partial charge on any atom is 0.147 e. The van der Waals surface area contributed by atoms with Crippen LogP contribution in [0.3, 0.4) is 0 Å². The first-order valence-corrected chi connectivity index (χ1v) is 7.09. The van der Waals surface area contributed by atoms with Crippen LogP contribution < -0.4 is 5.32 Å². The van der Waals surface area contributed by atoms with E-state index in [0.717, 1.165) is 16.5 Å². The molecule has 0 bridgehead atoms. The first-order chi connectivity index (χ1) is 10.1. The highest BCUT2D eigenvalue weighted by Crippen LogP contribution is 2.31. The topological polar surface area (TPSA) is 25.2 Å². The Morgan fingerprint density at radius 1 is 1.19 bits per heavy atom. The Bertz CT molecular complexity index is 797. The van der Waals surface area contributed by atoms with Crippen LogP contribution >= 0.6 is 11.6 Å². The van der Waals surface area contributed by atoms with Crippen molar-refractivity contribution in [2.24, 2.45) is 0 Å². The molecule has 0 saturated carbocycles. The fourth-order valence-electron chi connectivity index (χ4n) is 2.52. The number of fused-ring (bicyclic) bond motifs is 1. The minimum Gasteiger partial charge on any atom is -0.459 e. The minimum absolute atomic E-state index is 0.111. The highest BCUT2D eigenvalue weighted by molar-refractivity contribution is 6.30. The Labute approximate surface area is 127 Å². The SMILES string of the molecule is CNC(c1cc2cc(C)ccc2o1)c1cccc(Cl)c1F.